The third-order valence-electron chi connectivity index (χ3n) is 3.41. The van der Waals surface area contributed by atoms with E-state index in [2.05, 4.69) is 5.32 Å². The number of hydrogen-bond acceptors (Lipinski definition) is 4. The molecule has 0 heterocycles. The third kappa shape index (κ3) is 5.16. The van der Waals surface area contributed by atoms with E-state index < -0.39 is 17.9 Å². The number of amides is 1. The number of carbonyl (C=O) groups is 2. The van der Waals surface area contributed by atoms with Crippen molar-refractivity contribution < 1.29 is 24.2 Å². The SMILES string of the molecule is CCCCOc1c(OC)cccc1C(=O)NC(C(=O)O)C(C)C. The van der Waals surface area contributed by atoms with Gasteiger partial charge in [-0.3, -0.25) is 4.79 Å². The van der Waals surface area contributed by atoms with Gasteiger partial charge in [0.15, 0.2) is 11.5 Å². The summed E-state index contributed by atoms with van der Waals surface area (Å²) < 4.78 is 10.9. The molecule has 2 N–H and O–H groups in total. The van der Waals surface area contributed by atoms with E-state index in [0.717, 1.165) is 12.8 Å². The van der Waals surface area contributed by atoms with Gasteiger partial charge in [-0.05, 0) is 24.5 Å². The maximum Gasteiger partial charge on any atom is 0.326 e. The van der Waals surface area contributed by atoms with Gasteiger partial charge < -0.3 is 19.9 Å². The Bertz CT molecular complexity index is 542. The van der Waals surface area contributed by atoms with Crippen molar-refractivity contribution in [3.8, 4) is 11.5 Å². The molecule has 1 amide bonds. The first-order valence-corrected chi connectivity index (χ1v) is 7.75. The van der Waals surface area contributed by atoms with Gasteiger partial charge in [0.25, 0.3) is 5.91 Å². The molecule has 0 aliphatic carbocycles. The van der Waals surface area contributed by atoms with Crippen LogP contribution in [0.5, 0.6) is 11.5 Å². The summed E-state index contributed by atoms with van der Waals surface area (Å²) in [5, 5.41) is 11.8. The van der Waals surface area contributed by atoms with E-state index in [1.165, 1.54) is 7.11 Å². The number of carboxylic acid groups (broad SMARTS) is 1. The zero-order chi connectivity index (χ0) is 17.4. The van der Waals surface area contributed by atoms with Crippen LogP contribution in [0, 0.1) is 5.92 Å². The van der Waals surface area contributed by atoms with Crippen LogP contribution < -0.4 is 14.8 Å². The van der Waals surface area contributed by atoms with Gasteiger partial charge in [0.1, 0.15) is 6.04 Å². The molecule has 0 bridgehead atoms. The average Bonchev–Trinajstić information content (AvgIpc) is 2.51. The van der Waals surface area contributed by atoms with Gasteiger partial charge in [0.05, 0.1) is 19.3 Å². The Hall–Kier alpha value is -2.24. The summed E-state index contributed by atoms with van der Waals surface area (Å²) in [5.41, 5.74) is 0.271. The monoisotopic (exact) mass is 323 g/mol. The fourth-order valence-electron chi connectivity index (χ4n) is 2.06. The number of para-hydroxylation sites is 1. The van der Waals surface area contributed by atoms with E-state index in [1.54, 1.807) is 32.0 Å². The molecule has 0 saturated carbocycles. The molecule has 1 rings (SSSR count). The molecule has 6 heteroatoms. The Balaban J connectivity index is 3.05. The van der Waals surface area contributed by atoms with Crippen LogP contribution in [-0.2, 0) is 4.79 Å². The second kappa shape index (κ2) is 9.02. The van der Waals surface area contributed by atoms with Gasteiger partial charge in [0.2, 0.25) is 0 Å². The molecule has 0 aliphatic heterocycles. The number of ether oxygens (including phenoxy) is 2. The predicted octanol–water partition coefficient (Wildman–Crippen LogP) is 2.71. The first-order valence-electron chi connectivity index (χ1n) is 7.75. The highest BCUT2D eigenvalue weighted by atomic mass is 16.5. The molecule has 0 fully saturated rings. The molecule has 0 aromatic heterocycles. The largest absolute Gasteiger partial charge is 0.493 e. The van der Waals surface area contributed by atoms with Crippen molar-refractivity contribution in [2.45, 2.75) is 39.7 Å². The highest BCUT2D eigenvalue weighted by Crippen LogP contribution is 2.31. The Labute approximate surface area is 136 Å². The van der Waals surface area contributed by atoms with E-state index in [1.807, 2.05) is 6.92 Å². The molecule has 1 unspecified atom stereocenters. The Morgan fingerprint density at radius 2 is 2.00 bits per heavy atom. The molecular formula is C17H25NO5. The van der Waals surface area contributed by atoms with Crippen molar-refractivity contribution in [2.75, 3.05) is 13.7 Å². The molecule has 0 saturated heterocycles. The van der Waals surface area contributed by atoms with Crippen molar-refractivity contribution in [1.82, 2.24) is 5.32 Å². The molecule has 0 aliphatic rings. The van der Waals surface area contributed by atoms with E-state index in [0.29, 0.717) is 18.1 Å². The lowest BCUT2D eigenvalue weighted by molar-refractivity contribution is -0.140. The summed E-state index contributed by atoms with van der Waals surface area (Å²) in [6.45, 7) is 5.98. The van der Waals surface area contributed by atoms with E-state index in [9.17, 15) is 14.7 Å². The molecule has 6 nitrogen and oxygen atoms in total. The van der Waals surface area contributed by atoms with Crippen molar-refractivity contribution in [3.05, 3.63) is 23.8 Å². The van der Waals surface area contributed by atoms with Gasteiger partial charge in [-0.2, -0.15) is 0 Å². The van der Waals surface area contributed by atoms with Crippen molar-refractivity contribution >= 4 is 11.9 Å². The minimum Gasteiger partial charge on any atom is -0.493 e. The summed E-state index contributed by atoms with van der Waals surface area (Å²) in [6, 6.07) is 4.01. The highest BCUT2D eigenvalue weighted by molar-refractivity contribution is 5.99. The van der Waals surface area contributed by atoms with Crippen LogP contribution in [-0.4, -0.2) is 36.7 Å². The lowest BCUT2D eigenvalue weighted by Gasteiger charge is -2.20. The van der Waals surface area contributed by atoms with E-state index in [-0.39, 0.29) is 11.5 Å². The first-order chi connectivity index (χ1) is 10.9. The van der Waals surface area contributed by atoms with Crippen LogP contribution in [0.4, 0.5) is 0 Å². The van der Waals surface area contributed by atoms with Crippen LogP contribution in [0.25, 0.3) is 0 Å². The molecule has 1 atom stereocenters. The maximum atomic E-state index is 12.5. The van der Waals surface area contributed by atoms with Crippen LogP contribution in [0.3, 0.4) is 0 Å². The number of hydrogen-bond donors (Lipinski definition) is 2. The standard InChI is InChI=1S/C17H25NO5/c1-5-6-10-23-15-12(8-7-9-13(15)22-4)16(19)18-14(11(2)3)17(20)21/h7-9,11,14H,5-6,10H2,1-4H3,(H,18,19)(H,20,21). The molecule has 23 heavy (non-hydrogen) atoms. The fraction of sp³-hybridized carbons (Fsp3) is 0.529. The van der Waals surface area contributed by atoms with Gasteiger partial charge in [-0.15, -0.1) is 0 Å². The Morgan fingerprint density at radius 3 is 2.52 bits per heavy atom. The third-order valence-corrected chi connectivity index (χ3v) is 3.41. The summed E-state index contributed by atoms with van der Waals surface area (Å²) in [7, 11) is 1.50. The van der Waals surface area contributed by atoms with Crippen LogP contribution in [0.1, 0.15) is 44.0 Å². The van der Waals surface area contributed by atoms with Crippen molar-refractivity contribution in [1.29, 1.82) is 0 Å². The van der Waals surface area contributed by atoms with Gasteiger partial charge in [-0.1, -0.05) is 33.3 Å². The second-order valence-corrected chi connectivity index (χ2v) is 5.57. The Morgan fingerprint density at radius 1 is 1.30 bits per heavy atom. The van der Waals surface area contributed by atoms with Gasteiger partial charge in [-0.25, -0.2) is 4.79 Å². The number of aliphatic carboxylic acids is 1. The normalized spacial score (nSPS) is 11.9. The maximum absolute atomic E-state index is 12.5. The molecule has 1 aromatic carbocycles. The van der Waals surface area contributed by atoms with E-state index in [4.69, 9.17) is 9.47 Å². The van der Waals surface area contributed by atoms with Gasteiger partial charge >= 0.3 is 5.97 Å². The lowest BCUT2D eigenvalue weighted by Crippen LogP contribution is -2.44. The quantitative estimate of drug-likeness (QED) is 0.683. The summed E-state index contributed by atoms with van der Waals surface area (Å²) >= 11 is 0. The number of nitrogens with one attached hydrogen (secondary N) is 1. The van der Waals surface area contributed by atoms with E-state index >= 15 is 0 Å². The zero-order valence-electron chi connectivity index (χ0n) is 14.1. The molecule has 0 spiro atoms. The highest BCUT2D eigenvalue weighted by Gasteiger charge is 2.26. The molecular weight excluding hydrogens is 298 g/mol. The minimum absolute atomic E-state index is 0.230. The predicted molar refractivity (Wildman–Crippen MR) is 87.1 cm³/mol. The summed E-state index contributed by atoms with van der Waals surface area (Å²) in [4.78, 5) is 23.7. The number of carbonyl (C=O) groups excluding carboxylic acids is 1. The van der Waals surface area contributed by atoms with Crippen LogP contribution >= 0.6 is 0 Å². The number of benzene rings is 1. The summed E-state index contributed by atoms with van der Waals surface area (Å²) in [5.74, 6) is -0.994. The smallest absolute Gasteiger partial charge is 0.326 e. The topological polar surface area (TPSA) is 84.9 Å². The summed E-state index contributed by atoms with van der Waals surface area (Å²) in [6.07, 6.45) is 1.81. The zero-order valence-corrected chi connectivity index (χ0v) is 14.1. The molecule has 1 aromatic rings. The second-order valence-electron chi connectivity index (χ2n) is 5.57. The van der Waals surface area contributed by atoms with Crippen molar-refractivity contribution in [2.24, 2.45) is 5.92 Å². The lowest BCUT2D eigenvalue weighted by atomic mass is 10.0. The molecule has 128 valence electrons. The van der Waals surface area contributed by atoms with Crippen molar-refractivity contribution in [3.63, 3.8) is 0 Å². The molecule has 0 radical (unpaired) electrons. The number of methoxy groups -OCH3 is 1. The van der Waals surface area contributed by atoms with Crippen LogP contribution in [0.2, 0.25) is 0 Å². The Kier molecular flexibility index (Phi) is 7.38. The van der Waals surface area contributed by atoms with Gasteiger partial charge in [0, 0.05) is 0 Å². The number of unbranched alkanes of at least 4 members (excludes halogenated alkanes) is 1. The number of carboxylic acids is 1. The first kappa shape index (κ1) is 18.8. The number of rotatable bonds is 9. The fourth-order valence-corrected chi connectivity index (χ4v) is 2.06. The average molecular weight is 323 g/mol. The van der Waals surface area contributed by atoms with Crippen LogP contribution in [0.15, 0.2) is 18.2 Å². The minimum atomic E-state index is -1.07.